The maximum Gasteiger partial charge on any atom is 0.305 e. The number of carboxylic acids is 1. The molecule has 0 bridgehead atoms. The minimum absolute atomic E-state index is 0.00165. The predicted molar refractivity (Wildman–Crippen MR) is 161 cm³/mol. The van der Waals surface area contributed by atoms with Crippen LogP contribution in [0.15, 0.2) is 83.8 Å². The van der Waals surface area contributed by atoms with Crippen LogP contribution in [0, 0.1) is 11.6 Å². The predicted octanol–water partition coefficient (Wildman–Crippen LogP) is 5.78. The minimum atomic E-state index is -4.71. The highest BCUT2D eigenvalue weighted by Gasteiger charge is 2.37. The number of anilines is 1. The summed E-state index contributed by atoms with van der Waals surface area (Å²) in [5, 5.41) is 40.9. The van der Waals surface area contributed by atoms with Crippen LogP contribution < -0.4 is 4.47 Å². The highest BCUT2D eigenvalue weighted by Crippen LogP contribution is 2.46. The van der Waals surface area contributed by atoms with Crippen molar-refractivity contribution in [3.05, 3.63) is 96.2 Å². The van der Waals surface area contributed by atoms with Crippen molar-refractivity contribution in [3.8, 4) is 22.4 Å². The lowest BCUT2D eigenvalue weighted by atomic mass is 10.00. The van der Waals surface area contributed by atoms with E-state index in [-0.39, 0.29) is 45.7 Å². The molecule has 0 radical (unpaired) electrons. The van der Waals surface area contributed by atoms with Crippen LogP contribution in [0.4, 0.5) is 14.5 Å². The van der Waals surface area contributed by atoms with Crippen molar-refractivity contribution in [3.63, 3.8) is 0 Å². The average molecular weight is 629 g/mol. The van der Waals surface area contributed by atoms with Gasteiger partial charge in [0.05, 0.1) is 30.0 Å². The molecule has 0 aliphatic rings. The Labute approximate surface area is 254 Å². The average Bonchev–Trinajstić information content (AvgIpc) is 3.32. The number of sulfonamides is 1. The van der Waals surface area contributed by atoms with Gasteiger partial charge in [0, 0.05) is 17.8 Å². The summed E-state index contributed by atoms with van der Waals surface area (Å²) in [5.74, 6) is -2.78. The molecule has 1 heterocycles. The molecule has 0 aliphatic carbocycles. The van der Waals surface area contributed by atoms with Crippen LogP contribution in [0.3, 0.4) is 0 Å². The Balaban J connectivity index is 2.00. The third-order valence-corrected chi connectivity index (χ3v) is 8.75. The molecule has 0 amide bonds. The van der Waals surface area contributed by atoms with Gasteiger partial charge in [-0.2, -0.15) is 8.42 Å². The molecule has 0 saturated heterocycles. The van der Waals surface area contributed by atoms with Gasteiger partial charge in [-0.05, 0) is 78.4 Å². The van der Waals surface area contributed by atoms with Gasteiger partial charge in [-0.15, -0.1) is 4.47 Å². The van der Waals surface area contributed by atoms with Gasteiger partial charge in [-0.1, -0.05) is 44.2 Å². The summed E-state index contributed by atoms with van der Waals surface area (Å²) in [6.07, 6.45) is -3.25. The fourth-order valence-electron chi connectivity index (χ4n) is 5.25. The van der Waals surface area contributed by atoms with E-state index in [2.05, 4.69) is 0 Å². The van der Waals surface area contributed by atoms with E-state index in [9.17, 15) is 37.4 Å². The number of aromatic nitrogens is 1. The molecule has 2 atom stereocenters. The standard InChI is InChI=1S/C32H34F2N2O7S/c1-20(2)30-32(44(42,43)36(41)25-6-4-3-5-7-25)29(21-8-12-23(33)13-9-21)31(22-10-14-24(34)15-11-22)35(30)17-16-26(37)18-27(38)19-28(39)40/h3-15,20,26-27,37-38,41H,16-19H2,1-2H3,(H,39,40)/t26-,27-/m1/s1. The van der Waals surface area contributed by atoms with Crippen LogP contribution >= 0.6 is 0 Å². The number of nitrogens with zero attached hydrogens (tertiary/aromatic N) is 2. The van der Waals surface area contributed by atoms with Crippen LogP contribution in [0.2, 0.25) is 0 Å². The number of hydrogen-bond acceptors (Lipinski definition) is 6. The Kier molecular flexibility index (Phi) is 10.2. The second-order valence-corrected chi connectivity index (χ2v) is 12.5. The molecule has 0 unspecified atom stereocenters. The first-order valence-corrected chi connectivity index (χ1v) is 15.4. The number of hydrogen-bond donors (Lipinski definition) is 4. The molecule has 44 heavy (non-hydrogen) atoms. The molecule has 12 heteroatoms. The van der Waals surface area contributed by atoms with Crippen molar-refractivity contribution < 1.29 is 42.5 Å². The van der Waals surface area contributed by atoms with E-state index < -0.39 is 52.2 Å². The minimum Gasteiger partial charge on any atom is -0.481 e. The van der Waals surface area contributed by atoms with Crippen LogP contribution in [-0.2, 0) is 21.4 Å². The summed E-state index contributed by atoms with van der Waals surface area (Å²) in [4.78, 5) is 10.7. The molecular weight excluding hydrogens is 594 g/mol. The van der Waals surface area contributed by atoms with Crippen molar-refractivity contribution in [2.24, 2.45) is 0 Å². The third-order valence-electron chi connectivity index (χ3n) is 7.16. The van der Waals surface area contributed by atoms with E-state index in [4.69, 9.17) is 5.11 Å². The van der Waals surface area contributed by atoms with Crippen molar-refractivity contribution in [2.45, 2.75) is 62.7 Å². The van der Waals surface area contributed by atoms with Crippen molar-refractivity contribution in [2.75, 3.05) is 4.47 Å². The van der Waals surface area contributed by atoms with E-state index in [1.807, 2.05) is 0 Å². The molecule has 4 N–H and O–H groups in total. The number of aliphatic hydroxyl groups excluding tert-OH is 2. The molecule has 9 nitrogen and oxygen atoms in total. The first-order valence-electron chi connectivity index (χ1n) is 14.0. The fourth-order valence-corrected chi connectivity index (χ4v) is 6.90. The zero-order valence-corrected chi connectivity index (χ0v) is 25.0. The van der Waals surface area contributed by atoms with Crippen molar-refractivity contribution in [1.82, 2.24) is 4.57 Å². The smallest absolute Gasteiger partial charge is 0.305 e. The Morgan fingerprint density at radius 3 is 1.93 bits per heavy atom. The van der Waals surface area contributed by atoms with Gasteiger partial charge in [-0.3, -0.25) is 10.0 Å². The number of carbonyl (C=O) groups is 1. The number of para-hydroxylation sites is 1. The highest BCUT2D eigenvalue weighted by molar-refractivity contribution is 7.92. The molecule has 1 aromatic heterocycles. The third kappa shape index (κ3) is 7.16. The zero-order chi connectivity index (χ0) is 32.2. The maximum atomic E-state index is 14.3. The summed E-state index contributed by atoms with van der Waals surface area (Å²) < 4.78 is 58.6. The topological polar surface area (TPSA) is 140 Å². The van der Waals surface area contributed by atoms with Crippen molar-refractivity contribution in [1.29, 1.82) is 0 Å². The number of halogens is 2. The van der Waals surface area contributed by atoms with Gasteiger partial charge in [0.15, 0.2) is 0 Å². The molecule has 0 aliphatic heterocycles. The van der Waals surface area contributed by atoms with Gasteiger partial charge in [0.2, 0.25) is 0 Å². The van der Waals surface area contributed by atoms with E-state index in [0.29, 0.717) is 16.8 Å². The Bertz CT molecular complexity index is 1690. The molecular formula is C32H34F2N2O7S. The van der Waals surface area contributed by atoms with Gasteiger partial charge < -0.3 is 19.9 Å². The number of benzene rings is 3. The van der Waals surface area contributed by atoms with E-state index >= 15 is 0 Å². The molecule has 0 fully saturated rings. The summed E-state index contributed by atoms with van der Waals surface area (Å²) in [7, 11) is -4.71. The lowest BCUT2D eigenvalue weighted by Crippen LogP contribution is -2.28. The quantitative estimate of drug-likeness (QED) is 0.138. The summed E-state index contributed by atoms with van der Waals surface area (Å²) in [5.41, 5.74) is 1.42. The Hall–Kier alpha value is -4.10. The number of rotatable bonds is 13. The number of aliphatic carboxylic acids is 1. The Morgan fingerprint density at radius 2 is 1.41 bits per heavy atom. The van der Waals surface area contributed by atoms with Gasteiger partial charge >= 0.3 is 5.97 Å². The van der Waals surface area contributed by atoms with Gasteiger partial charge in [-0.25, -0.2) is 8.78 Å². The largest absolute Gasteiger partial charge is 0.481 e. The number of carboxylic acid groups (broad SMARTS) is 1. The molecule has 0 spiro atoms. The van der Waals surface area contributed by atoms with Crippen molar-refractivity contribution >= 4 is 21.7 Å². The molecule has 4 rings (SSSR count). The lowest BCUT2D eigenvalue weighted by Gasteiger charge is -2.21. The van der Waals surface area contributed by atoms with E-state index in [1.54, 1.807) is 36.6 Å². The molecule has 0 saturated carbocycles. The second-order valence-electron chi connectivity index (χ2n) is 10.8. The second kappa shape index (κ2) is 13.7. The van der Waals surface area contributed by atoms with E-state index in [1.165, 1.54) is 60.7 Å². The number of aliphatic hydroxyl groups is 2. The summed E-state index contributed by atoms with van der Waals surface area (Å²) in [6, 6.07) is 18.2. The van der Waals surface area contributed by atoms with Crippen LogP contribution in [0.25, 0.3) is 22.4 Å². The van der Waals surface area contributed by atoms with Crippen LogP contribution in [-0.4, -0.2) is 51.7 Å². The first kappa shape index (κ1) is 32.8. The SMILES string of the molecule is CC(C)c1c(S(=O)(=O)N(O)c2ccccc2)c(-c2ccc(F)cc2)c(-c2ccc(F)cc2)n1CC[C@@H](O)C[C@@H](O)CC(=O)O. The summed E-state index contributed by atoms with van der Waals surface area (Å²) in [6.45, 7) is 3.51. The van der Waals surface area contributed by atoms with Gasteiger partial charge in [0.25, 0.3) is 10.0 Å². The normalized spacial score (nSPS) is 13.2. The molecule has 3 aromatic carbocycles. The van der Waals surface area contributed by atoms with Crippen LogP contribution in [0.1, 0.15) is 44.7 Å². The maximum absolute atomic E-state index is 14.3. The monoisotopic (exact) mass is 628 g/mol. The van der Waals surface area contributed by atoms with E-state index in [0.717, 1.165) is 0 Å². The zero-order valence-electron chi connectivity index (χ0n) is 24.1. The molecule has 234 valence electrons. The fraction of sp³-hybridized carbons (Fsp3) is 0.281. The van der Waals surface area contributed by atoms with Gasteiger partial charge in [0.1, 0.15) is 16.5 Å². The first-order chi connectivity index (χ1) is 20.8. The lowest BCUT2D eigenvalue weighted by molar-refractivity contribution is -0.139. The highest BCUT2D eigenvalue weighted by atomic mass is 32.2. The molecule has 4 aromatic rings. The Morgan fingerprint density at radius 1 is 0.864 bits per heavy atom. The summed E-state index contributed by atoms with van der Waals surface area (Å²) >= 11 is 0. The van der Waals surface area contributed by atoms with Crippen LogP contribution in [0.5, 0.6) is 0 Å².